The fraction of sp³-hybridized carbons (Fsp3) is 0.737. The molecule has 1 amide bonds. The average molecular weight is 363 g/mol. The Hall–Kier alpha value is -2.05. The number of fused-ring (bicyclic) bond motifs is 1. The standard InChI is InChI=1S/C19H29N3O4/c1-18(2,3)26-17(24)22-10-6-13-14(12-22)21(5)20-15(13)16(23)25-11-9-19(4)7-8-19/h6-12H2,1-5H3. The molecule has 144 valence electrons. The van der Waals surface area contributed by atoms with Crippen LogP contribution < -0.4 is 0 Å². The molecule has 26 heavy (non-hydrogen) atoms. The summed E-state index contributed by atoms with van der Waals surface area (Å²) in [5.41, 5.74) is 1.96. The van der Waals surface area contributed by atoms with Crippen molar-refractivity contribution < 1.29 is 19.1 Å². The van der Waals surface area contributed by atoms with Gasteiger partial charge in [0.15, 0.2) is 5.69 Å². The highest BCUT2D eigenvalue weighted by atomic mass is 16.6. The molecule has 7 nitrogen and oxygen atoms in total. The summed E-state index contributed by atoms with van der Waals surface area (Å²) < 4.78 is 12.6. The number of carbonyl (C=O) groups excluding carboxylic acids is 2. The molecule has 2 heterocycles. The van der Waals surface area contributed by atoms with E-state index in [1.807, 2.05) is 20.8 Å². The minimum Gasteiger partial charge on any atom is -0.461 e. The van der Waals surface area contributed by atoms with E-state index in [0.717, 1.165) is 17.7 Å². The minimum atomic E-state index is -0.531. The molecule has 0 radical (unpaired) electrons. The van der Waals surface area contributed by atoms with Crippen molar-refractivity contribution in [3.05, 3.63) is 17.0 Å². The summed E-state index contributed by atoms with van der Waals surface area (Å²) in [5, 5.41) is 4.35. The molecule has 1 aromatic rings. The van der Waals surface area contributed by atoms with Gasteiger partial charge in [0, 0.05) is 19.2 Å². The van der Waals surface area contributed by atoms with Gasteiger partial charge in [-0.15, -0.1) is 0 Å². The van der Waals surface area contributed by atoms with Gasteiger partial charge < -0.3 is 14.4 Å². The summed E-state index contributed by atoms with van der Waals surface area (Å²) in [6.45, 7) is 9.09. The van der Waals surface area contributed by atoms with Crippen molar-refractivity contribution in [3.63, 3.8) is 0 Å². The Morgan fingerprint density at radius 2 is 1.96 bits per heavy atom. The number of aromatic nitrogens is 2. The second-order valence-corrected chi connectivity index (χ2v) is 8.75. The number of hydrogen-bond acceptors (Lipinski definition) is 5. The van der Waals surface area contributed by atoms with Crippen LogP contribution in [0.3, 0.4) is 0 Å². The number of aryl methyl sites for hydroxylation is 1. The van der Waals surface area contributed by atoms with Crippen LogP contribution in [-0.2, 0) is 29.5 Å². The molecule has 0 unspecified atom stereocenters. The fourth-order valence-corrected chi connectivity index (χ4v) is 3.14. The summed E-state index contributed by atoms with van der Waals surface area (Å²) in [5.74, 6) is -0.364. The Kier molecular flexibility index (Phi) is 4.75. The maximum atomic E-state index is 12.4. The Balaban J connectivity index is 1.65. The average Bonchev–Trinajstić information content (AvgIpc) is 3.18. The molecule has 0 bridgehead atoms. The first-order valence-corrected chi connectivity index (χ1v) is 9.28. The molecule has 1 saturated carbocycles. The van der Waals surface area contributed by atoms with Crippen LogP contribution in [0.15, 0.2) is 0 Å². The monoisotopic (exact) mass is 363 g/mol. The number of rotatable bonds is 4. The summed E-state index contributed by atoms with van der Waals surface area (Å²) in [6.07, 6.45) is 3.56. The van der Waals surface area contributed by atoms with E-state index in [2.05, 4.69) is 12.0 Å². The van der Waals surface area contributed by atoms with E-state index in [-0.39, 0.29) is 12.1 Å². The molecule has 7 heteroatoms. The predicted molar refractivity (Wildman–Crippen MR) is 95.8 cm³/mol. The largest absolute Gasteiger partial charge is 0.461 e. The van der Waals surface area contributed by atoms with Gasteiger partial charge in [0.2, 0.25) is 0 Å². The van der Waals surface area contributed by atoms with Crippen LogP contribution in [0, 0.1) is 5.41 Å². The lowest BCUT2D eigenvalue weighted by atomic mass is 10.0. The molecule has 1 aliphatic carbocycles. The predicted octanol–water partition coefficient (Wildman–Crippen LogP) is 3.06. The van der Waals surface area contributed by atoms with E-state index in [1.54, 1.807) is 16.6 Å². The summed E-state index contributed by atoms with van der Waals surface area (Å²) in [7, 11) is 1.79. The molecule has 0 atom stereocenters. The first-order valence-electron chi connectivity index (χ1n) is 9.28. The normalized spacial score (nSPS) is 18.3. The van der Waals surface area contributed by atoms with Crippen molar-refractivity contribution in [2.24, 2.45) is 12.5 Å². The third-order valence-electron chi connectivity index (χ3n) is 5.13. The number of esters is 1. The van der Waals surface area contributed by atoms with E-state index < -0.39 is 5.60 Å². The second-order valence-electron chi connectivity index (χ2n) is 8.75. The van der Waals surface area contributed by atoms with Crippen molar-refractivity contribution >= 4 is 12.1 Å². The van der Waals surface area contributed by atoms with Gasteiger partial charge >= 0.3 is 12.1 Å². The lowest BCUT2D eigenvalue weighted by Crippen LogP contribution is -2.40. The summed E-state index contributed by atoms with van der Waals surface area (Å²) >= 11 is 0. The van der Waals surface area contributed by atoms with Gasteiger partial charge in [0.1, 0.15) is 5.60 Å². The lowest BCUT2D eigenvalue weighted by molar-refractivity contribution is 0.0219. The summed E-state index contributed by atoms with van der Waals surface area (Å²) in [6, 6.07) is 0. The van der Waals surface area contributed by atoms with Crippen LogP contribution in [0.25, 0.3) is 0 Å². The molecule has 0 spiro atoms. The topological polar surface area (TPSA) is 73.7 Å². The zero-order chi connectivity index (χ0) is 19.1. The van der Waals surface area contributed by atoms with Crippen LogP contribution in [0.1, 0.15) is 68.7 Å². The van der Waals surface area contributed by atoms with Crippen molar-refractivity contribution in [2.45, 2.75) is 65.5 Å². The molecule has 0 aromatic carbocycles. The number of amides is 1. The second kappa shape index (κ2) is 6.59. The van der Waals surface area contributed by atoms with Gasteiger partial charge in [0.25, 0.3) is 0 Å². The Bertz CT molecular complexity index is 713. The van der Waals surface area contributed by atoms with E-state index >= 15 is 0 Å². The van der Waals surface area contributed by atoms with Gasteiger partial charge in [-0.25, -0.2) is 9.59 Å². The smallest absolute Gasteiger partial charge is 0.410 e. The van der Waals surface area contributed by atoms with Crippen LogP contribution in [-0.4, -0.2) is 45.5 Å². The molecular formula is C19H29N3O4. The Labute approximate surface area is 154 Å². The quantitative estimate of drug-likeness (QED) is 0.769. The minimum absolute atomic E-state index is 0.342. The van der Waals surface area contributed by atoms with Gasteiger partial charge in [-0.3, -0.25) is 4.68 Å². The zero-order valence-corrected chi connectivity index (χ0v) is 16.4. The third-order valence-corrected chi connectivity index (χ3v) is 5.13. The molecule has 0 N–H and O–H groups in total. The van der Waals surface area contributed by atoms with Gasteiger partial charge in [-0.1, -0.05) is 6.92 Å². The molecule has 1 aliphatic heterocycles. The number of hydrogen-bond donors (Lipinski definition) is 0. The third kappa shape index (κ3) is 4.19. The van der Waals surface area contributed by atoms with Crippen LogP contribution >= 0.6 is 0 Å². The number of ether oxygens (including phenoxy) is 2. The Morgan fingerprint density at radius 3 is 2.58 bits per heavy atom. The molecule has 0 saturated heterocycles. The van der Waals surface area contributed by atoms with Gasteiger partial charge in [-0.05, 0) is 51.9 Å². The van der Waals surface area contributed by atoms with E-state index in [9.17, 15) is 9.59 Å². The van der Waals surface area contributed by atoms with Crippen LogP contribution in [0.5, 0.6) is 0 Å². The molecular weight excluding hydrogens is 334 g/mol. The Morgan fingerprint density at radius 1 is 1.27 bits per heavy atom. The highest BCUT2D eigenvalue weighted by molar-refractivity contribution is 5.89. The van der Waals surface area contributed by atoms with Crippen molar-refractivity contribution in [1.29, 1.82) is 0 Å². The van der Waals surface area contributed by atoms with E-state index in [4.69, 9.17) is 9.47 Å². The van der Waals surface area contributed by atoms with E-state index in [1.165, 1.54) is 12.8 Å². The van der Waals surface area contributed by atoms with Gasteiger partial charge in [0.05, 0.1) is 18.8 Å². The van der Waals surface area contributed by atoms with Crippen molar-refractivity contribution in [2.75, 3.05) is 13.2 Å². The molecule has 1 aromatic heterocycles. The summed E-state index contributed by atoms with van der Waals surface area (Å²) in [4.78, 5) is 26.4. The molecule has 2 aliphatic rings. The van der Waals surface area contributed by atoms with Crippen LogP contribution in [0.4, 0.5) is 4.79 Å². The first kappa shape index (κ1) is 18.7. The van der Waals surface area contributed by atoms with E-state index in [0.29, 0.717) is 37.2 Å². The van der Waals surface area contributed by atoms with Gasteiger partial charge in [-0.2, -0.15) is 5.10 Å². The maximum Gasteiger partial charge on any atom is 0.410 e. The number of carbonyl (C=O) groups is 2. The number of nitrogens with zero attached hydrogens (tertiary/aromatic N) is 3. The highest BCUT2D eigenvalue weighted by Crippen LogP contribution is 2.47. The maximum absolute atomic E-state index is 12.4. The van der Waals surface area contributed by atoms with Crippen molar-refractivity contribution in [3.8, 4) is 0 Å². The lowest BCUT2D eigenvalue weighted by Gasteiger charge is -2.30. The SMILES string of the molecule is Cn1nc(C(=O)OCCC2(C)CC2)c2c1CN(C(=O)OC(C)(C)C)CC2. The van der Waals surface area contributed by atoms with Crippen LogP contribution in [0.2, 0.25) is 0 Å². The first-order chi connectivity index (χ1) is 12.1. The fourth-order valence-electron chi connectivity index (χ4n) is 3.14. The van der Waals surface area contributed by atoms with Crippen molar-refractivity contribution in [1.82, 2.24) is 14.7 Å². The molecule has 3 rings (SSSR count). The molecule has 1 fully saturated rings. The highest BCUT2D eigenvalue weighted by Gasteiger charge is 2.37. The zero-order valence-electron chi connectivity index (χ0n) is 16.4.